The summed E-state index contributed by atoms with van der Waals surface area (Å²) in [6.45, 7) is 0.234. The number of halogens is 3. The Hall–Kier alpha value is -4.54. The van der Waals surface area contributed by atoms with Crippen LogP contribution in [0.3, 0.4) is 0 Å². The van der Waals surface area contributed by atoms with Crippen LogP contribution in [0.1, 0.15) is 24.0 Å². The second kappa shape index (κ2) is 14.2. The molecule has 3 aromatic carbocycles. The number of azide groups is 1. The van der Waals surface area contributed by atoms with E-state index in [1.54, 1.807) is 18.2 Å². The lowest BCUT2D eigenvalue weighted by Crippen LogP contribution is -2.47. The molecular formula is C29H28F3N5O4. The maximum Gasteiger partial charge on any atom is 0.468 e. The fourth-order valence-electron chi connectivity index (χ4n) is 4.21. The molecule has 1 fully saturated rings. The third kappa shape index (κ3) is 8.99. The fraction of sp³-hybridized carbons (Fsp3) is 0.310. The van der Waals surface area contributed by atoms with Gasteiger partial charge in [0.1, 0.15) is 6.61 Å². The number of alkyl halides is 3. The molecule has 0 aliphatic carbocycles. The molecule has 1 amide bonds. The lowest BCUT2D eigenvalue weighted by molar-refractivity contribution is -0.184. The minimum atomic E-state index is -4.94. The summed E-state index contributed by atoms with van der Waals surface area (Å²) in [5, 5.41) is 3.59. The Labute approximate surface area is 234 Å². The molecule has 0 bridgehead atoms. The van der Waals surface area contributed by atoms with Crippen molar-refractivity contribution in [3.63, 3.8) is 0 Å². The Kier molecular flexibility index (Phi) is 10.2. The van der Waals surface area contributed by atoms with Gasteiger partial charge >= 0.3 is 12.3 Å². The Morgan fingerprint density at radius 1 is 0.951 bits per heavy atom. The molecule has 3 aromatic rings. The van der Waals surface area contributed by atoms with Gasteiger partial charge in [-0.25, -0.2) is 9.79 Å². The summed E-state index contributed by atoms with van der Waals surface area (Å²) in [5.41, 5.74) is 10.7. The lowest BCUT2D eigenvalue weighted by Gasteiger charge is -2.36. The predicted molar refractivity (Wildman–Crippen MR) is 145 cm³/mol. The summed E-state index contributed by atoms with van der Waals surface area (Å²) in [6.07, 6.45) is -7.38. The first kappa shape index (κ1) is 29.4. The van der Waals surface area contributed by atoms with Crippen molar-refractivity contribution < 1.29 is 32.2 Å². The van der Waals surface area contributed by atoms with Crippen molar-refractivity contribution in [2.24, 2.45) is 10.1 Å². The highest BCUT2D eigenvalue weighted by molar-refractivity contribution is 5.84. The third-order valence-electron chi connectivity index (χ3n) is 6.19. The zero-order chi connectivity index (χ0) is 29.1. The molecular weight excluding hydrogens is 539 g/mol. The molecule has 4 rings (SSSR count). The maximum absolute atomic E-state index is 13.9. The van der Waals surface area contributed by atoms with E-state index < -0.39 is 36.6 Å². The van der Waals surface area contributed by atoms with Gasteiger partial charge in [0.05, 0.1) is 24.4 Å². The standard InChI is InChI=1S/C29H28F3N5O4/c30-29(31,32)27(34-23-14-8-3-9-15-23)41-26-25(35-36-33)17-16-24(40-26)19-37(18-21-10-4-1-5-11-21)28(38)39-20-22-12-6-2-7-13-22/h1-15,24-26H,16-20H2/b34-27+/t24-,25+,26?/m0/s1. The van der Waals surface area contributed by atoms with Crippen molar-refractivity contribution in [3.8, 4) is 0 Å². The van der Waals surface area contributed by atoms with Crippen molar-refractivity contribution in [2.45, 2.75) is 50.6 Å². The summed E-state index contributed by atoms with van der Waals surface area (Å²) in [4.78, 5) is 20.9. The Morgan fingerprint density at radius 3 is 2.17 bits per heavy atom. The Bertz CT molecular complexity index is 1340. The second-order valence-corrected chi connectivity index (χ2v) is 9.25. The highest BCUT2D eigenvalue weighted by Crippen LogP contribution is 2.29. The zero-order valence-corrected chi connectivity index (χ0v) is 21.9. The van der Waals surface area contributed by atoms with Crippen LogP contribution in [-0.4, -0.2) is 48.0 Å². The van der Waals surface area contributed by atoms with Crippen LogP contribution in [0.2, 0.25) is 0 Å². The van der Waals surface area contributed by atoms with E-state index in [0.717, 1.165) is 11.1 Å². The molecule has 1 aliphatic rings. The van der Waals surface area contributed by atoms with Crippen molar-refractivity contribution in [3.05, 3.63) is 113 Å². The van der Waals surface area contributed by atoms with Gasteiger partial charge in [0, 0.05) is 11.5 Å². The largest absolute Gasteiger partial charge is 0.468 e. The average Bonchev–Trinajstić information content (AvgIpc) is 2.98. The van der Waals surface area contributed by atoms with Crippen LogP contribution in [0, 0.1) is 0 Å². The smallest absolute Gasteiger partial charge is 0.445 e. The first-order chi connectivity index (χ1) is 19.8. The van der Waals surface area contributed by atoms with Crippen LogP contribution >= 0.6 is 0 Å². The van der Waals surface area contributed by atoms with Gasteiger partial charge in [-0.05, 0) is 41.6 Å². The van der Waals surface area contributed by atoms with Crippen LogP contribution in [-0.2, 0) is 27.4 Å². The third-order valence-corrected chi connectivity index (χ3v) is 6.19. The minimum Gasteiger partial charge on any atom is -0.445 e. The van der Waals surface area contributed by atoms with Crippen molar-refractivity contribution in [1.29, 1.82) is 0 Å². The van der Waals surface area contributed by atoms with Crippen molar-refractivity contribution >= 4 is 17.7 Å². The number of nitrogens with zero attached hydrogens (tertiary/aromatic N) is 5. The van der Waals surface area contributed by atoms with Crippen molar-refractivity contribution in [1.82, 2.24) is 4.90 Å². The molecule has 214 valence electrons. The average molecular weight is 568 g/mol. The number of hydrogen-bond donors (Lipinski definition) is 0. The van der Waals surface area contributed by atoms with E-state index in [9.17, 15) is 18.0 Å². The maximum atomic E-state index is 13.9. The minimum absolute atomic E-state index is 0.00252. The van der Waals surface area contributed by atoms with Gasteiger partial charge in [-0.2, -0.15) is 13.2 Å². The summed E-state index contributed by atoms with van der Waals surface area (Å²) < 4.78 is 58.2. The number of carbonyl (C=O) groups excluding carboxylic acids is 1. The van der Waals surface area contributed by atoms with E-state index in [0.29, 0.717) is 6.42 Å². The van der Waals surface area contributed by atoms with Crippen molar-refractivity contribution in [2.75, 3.05) is 6.54 Å². The van der Waals surface area contributed by atoms with Gasteiger partial charge in [0.2, 0.25) is 6.29 Å². The van der Waals surface area contributed by atoms with Gasteiger partial charge < -0.3 is 19.1 Å². The van der Waals surface area contributed by atoms with E-state index >= 15 is 0 Å². The number of rotatable bonds is 9. The molecule has 1 aliphatic heterocycles. The molecule has 1 saturated heterocycles. The molecule has 0 saturated carbocycles. The molecule has 1 unspecified atom stereocenters. The number of benzene rings is 3. The van der Waals surface area contributed by atoms with E-state index in [1.165, 1.54) is 17.0 Å². The van der Waals surface area contributed by atoms with Gasteiger partial charge in [-0.1, -0.05) is 84.0 Å². The van der Waals surface area contributed by atoms with E-state index in [1.807, 2.05) is 60.7 Å². The van der Waals surface area contributed by atoms with Gasteiger partial charge in [0.25, 0.3) is 5.90 Å². The topological polar surface area (TPSA) is 109 Å². The van der Waals surface area contributed by atoms with E-state index in [-0.39, 0.29) is 31.8 Å². The Balaban J connectivity index is 1.51. The van der Waals surface area contributed by atoms with Gasteiger partial charge in [-0.15, -0.1) is 0 Å². The first-order valence-electron chi connectivity index (χ1n) is 12.9. The SMILES string of the molecule is [N-]=[N+]=N[C@@H]1CC[C@@H](CN(Cc2ccccc2)C(=O)OCc2ccccc2)OC1O/C(=N/c1ccccc1)C(F)(F)F. The van der Waals surface area contributed by atoms with E-state index in [2.05, 4.69) is 15.0 Å². The second-order valence-electron chi connectivity index (χ2n) is 9.25. The van der Waals surface area contributed by atoms with Crippen LogP contribution < -0.4 is 0 Å². The molecule has 0 aromatic heterocycles. The van der Waals surface area contributed by atoms with Crippen LogP contribution in [0.5, 0.6) is 0 Å². The number of carbonyl (C=O) groups is 1. The molecule has 0 radical (unpaired) electrons. The molecule has 1 heterocycles. The van der Waals surface area contributed by atoms with Gasteiger partial charge in [0.15, 0.2) is 0 Å². The predicted octanol–water partition coefficient (Wildman–Crippen LogP) is 7.32. The van der Waals surface area contributed by atoms with Crippen LogP contribution in [0.15, 0.2) is 101 Å². The zero-order valence-electron chi connectivity index (χ0n) is 21.9. The fourth-order valence-corrected chi connectivity index (χ4v) is 4.21. The molecule has 0 spiro atoms. The number of aliphatic imine (C=N–C) groups is 1. The summed E-state index contributed by atoms with van der Waals surface area (Å²) in [6, 6.07) is 24.9. The summed E-state index contributed by atoms with van der Waals surface area (Å²) in [7, 11) is 0. The molecule has 3 atom stereocenters. The first-order valence-corrected chi connectivity index (χ1v) is 12.9. The van der Waals surface area contributed by atoms with Crippen LogP contribution in [0.4, 0.5) is 23.7 Å². The molecule has 12 heteroatoms. The van der Waals surface area contributed by atoms with Gasteiger partial charge in [-0.3, -0.25) is 0 Å². The summed E-state index contributed by atoms with van der Waals surface area (Å²) in [5.74, 6) is -1.53. The molecule has 9 nitrogen and oxygen atoms in total. The summed E-state index contributed by atoms with van der Waals surface area (Å²) >= 11 is 0. The highest BCUT2D eigenvalue weighted by atomic mass is 19.4. The normalized spacial score (nSPS) is 19.1. The number of hydrogen-bond acceptors (Lipinski definition) is 6. The molecule has 41 heavy (non-hydrogen) atoms. The number of amides is 1. The monoisotopic (exact) mass is 567 g/mol. The molecule has 0 N–H and O–H groups in total. The number of ether oxygens (including phenoxy) is 3. The quantitative estimate of drug-likeness (QED) is 0.0887. The number of para-hydroxylation sites is 1. The Morgan fingerprint density at radius 2 is 1.56 bits per heavy atom. The lowest BCUT2D eigenvalue weighted by atomic mass is 10.0. The van der Waals surface area contributed by atoms with Crippen LogP contribution in [0.25, 0.3) is 10.4 Å². The highest BCUT2D eigenvalue weighted by Gasteiger charge is 2.43. The van der Waals surface area contributed by atoms with E-state index in [4.69, 9.17) is 19.7 Å².